The Balaban J connectivity index is 2.16. The standard InChI is InChI=1S/C16H20N4O2/c1-3-17-12(2)11-18-16(22)14-9-10-15(21)20(19-14)13-7-5-4-6-8-13/h4-10,12,17H,3,11H2,1-2H3,(H,18,22)/t12-/m1/s1. The summed E-state index contributed by atoms with van der Waals surface area (Å²) >= 11 is 0. The molecule has 1 heterocycles. The van der Waals surface area contributed by atoms with Gasteiger partial charge in [0.2, 0.25) is 0 Å². The molecule has 0 bridgehead atoms. The van der Waals surface area contributed by atoms with Gasteiger partial charge in [0.05, 0.1) is 5.69 Å². The van der Waals surface area contributed by atoms with Gasteiger partial charge < -0.3 is 10.6 Å². The normalized spacial score (nSPS) is 11.9. The zero-order chi connectivity index (χ0) is 15.9. The average Bonchev–Trinajstić information content (AvgIpc) is 2.54. The third kappa shape index (κ3) is 4.02. The minimum Gasteiger partial charge on any atom is -0.349 e. The maximum Gasteiger partial charge on any atom is 0.271 e. The SMILES string of the molecule is CCN[C@H](C)CNC(=O)c1ccc(=O)n(-c2ccccc2)n1. The molecule has 0 aliphatic carbocycles. The van der Waals surface area contributed by atoms with Crippen LogP contribution >= 0.6 is 0 Å². The van der Waals surface area contributed by atoms with E-state index in [1.807, 2.05) is 32.0 Å². The predicted octanol–water partition coefficient (Wildman–Crippen LogP) is 0.960. The Kier molecular flexibility index (Phi) is 5.43. The number of benzene rings is 1. The second kappa shape index (κ2) is 7.51. The van der Waals surface area contributed by atoms with E-state index in [-0.39, 0.29) is 23.2 Å². The molecule has 1 aromatic carbocycles. The summed E-state index contributed by atoms with van der Waals surface area (Å²) in [4.78, 5) is 24.0. The number of carbonyl (C=O) groups is 1. The summed E-state index contributed by atoms with van der Waals surface area (Å²) in [5.41, 5.74) is 0.569. The van der Waals surface area contributed by atoms with Gasteiger partial charge in [0.15, 0.2) is 0 Å². The third-order valence-corrected chi connectivity index (χ3v) is 3.16. The molecule has 0 spiro atoms. The van der Waals surface area contributed by atoms with Crippen molar-refractivity contribution in [1.82, 2.24) is 20.4 Å². The Morgan fingerprint density at radius 2 is 1.95 bits per heavy atom. The van der Waals surface area contributed by atoms with Gasteiger partial charge >= 0.3 is 0 Å². The first-order valence-electron chi connectivity index (χ1n) is 7.29. The molecule has 2 aromatic rings. The maximum absolute atomic E-state index is 12.1. The van der Waals surface area contributed by atoms with Crippen LogP contribution in [0.4, 0.5) is 0 Å². The lowest BCUT2D eigenvalue weighted by molar-refractivity contribution is 0.0943. The van der Waals surface area contributed by atoms with E-state index in [2.05, 4.69) is 15.7 Å². The van der Waals surface area contributed by atoms with Crippen LogP contribution in [0.3, 0.4) is 0 Å². The van der Waals surface area contributed by atoms with Crippen LogP contribution in [0.1, 0.15) is 24.3 Å². The van der Waals surface area contributed by atoms with Crippen LogP contribution in [0, 0.1) is 0 Å². The average molecular weight is 300 g/mol. The number of aromatic nitrogens is 2. The number of hydrogen-bond donors (Lipinski definition) is 2. The summed E-state index contributed by atoms with van der Waals surface area (Å²) in [6, 6.07) is 12.0. The summed E-state index contributed by atoms with van der Waals surface area (Å²) < 4.78 is 1.22. The largest absolute Gasteiger partial charge is 0.349 e. The molecular weight excluding hydrogens is 280 g/mol. The lowest BCUT2D eigenvalue weighted by Gasteiger charge is -2.13. The van der Waals surface area contributed by atoms with Crippen molar-refractivity contribution in [3.8, 4) is 5.69 Å². The van der Waals surface area contributed by atoms with Gasteiger partial charge in [0.25, 0.3) is 11.5 Å². The Hall–Kier alpha value is -2.47. The van der Waals surface area contributed by atoms with Crippen LogP contribution in [0.5, 0.6) is 0 Å². The molecule has 0 unspecified atom stereocenters. The van der Waals surface area contributed by atoms with E-state index in [1.54, 1.807) is 12.1 Å². The quantitative estimate of drug-likeness (QED) is 0.833. The molecule has 0 radical (unpaired) electrons. The second-order valence-electron chi connectivity index (χ2n) is 4.97. The summed E-state index contributed by atoms with van der Waals surface area (Å²) in [5.74, 6) is -0.297. The van der Waals surface area contributed by atoms with Crippen LogP contribution in [0.15, 0.2) is 47.3 Å². The highest BCUT2D eigenvalue weighted by atomic mass is 16.2. The molecule has 2 N–H and O–H groups in total. The van der Waals surface area contributed by atoms with Gasteiger partial charge in [-0.15, -0.1) is 0 Å². The van der Waals surface area contributed by atoms with E-state index in [1.165, 1.54) is 16.8 Å². The van der Waals surface area contributed by atoms with Gasteiger partial charge in [0.1, 0.15) is 5.69 Å². The Morgan fingerprint density at radius 3 is 2.64 bits per heavy atom. The molecule has 22 heavy (non-hydrogen) atoms. The van der Waals surface area contributed by atoms with Crippen LogP contribution in [0.25, 0.3) is 5.69 Å². The molecule has 0 saturated heterocycles. The molecule has 0 saturated carbocycles. The zero-order valence-corrected chi connectivity index (χ0v) is 12.7. The third-order valence-electron chi connectivity index (χ3n) is 3.16. The number of carbonyl (C=O) groups excluding carboxylic acids is 1. The minimum atomic E-state index is -0.297. The van der Waals surface area contributed by atoms with Crippen LogP contribution in [-0.4, -0.2) is 34.8 Å². The van der Waals surface area contributed by atoms with Gasteiger partial charge in [-0.3, -0.25) is 9.59 Å². The first kappa shape index (κ1) is 15.9. The fourth-order valence-corrected chi connectivity index (χ4v) is 2.04. The van der Waals surface area contributed by atoms with Crippen molar-refractivity contribution in [2.45, 2.75) is 19.9 Å². The smallest absolute Gasteiger partial charge is 0.271 e. The molecule has 1 atom stereocenters. The summed E-state index contributed by atoms with van der Waals surface area (Å²) in [7, 11) is 0. The first-order chi connectivity index (χ1) is 10.6. The van der Waals surface area contributed by atoms with Crippen molar-refractivity contribution in [2.75, 3.05) is 13.1 Å². The number of likely N-dealkylation sites (N-methyl/N-ethyl adjacent to an activating group) is 1. The van der Waals surface area contributed by atoms with E-state index in [4.69, 9.17) is 0 Å². The molecule has 0 aliphatic heterocycles. The molecule has 6 heteroatoms. The summed E-state index contributed by atoms with van der Waals surface area (Å²) in [6.07, 6.45) is 0. The van der Waals surface area contributed by atoms with Crippen LogP contribution in [0.2, 0.25) is 0 Å². The summed E-state index contributed by atoms with van der Waals surface area (Å²) in [5, 5.41) is 10.1. The number of rotatable bonds is 6. The van der Waals surface area contributed by atoms with Gasteiger partial charge in [-0.25, -0.2) is 0 Å². The molecule has 0 fully saturated rings. The Labute approximate surface area is 129 Å². The molecule has 0 aliphatic rings. The highest BCUT2D eigenvalue weighted by Crippen LogP contribution is 2.02. The van der Waals surface area contributed by atoms with Crippen molar-refractivity contribution < 1.29 is 4.79 Å². The molecule has 1 aromatic heterocycles. The fraction of sp³-hybridized carbons (Fsp3) is 0.312. The van der Waals surface area contributed by atoms with Crippen LogP contribution < -0.4 is 16.2 Å². The van der Waals surface area contributed by atoms with Gasteiger partial charge in [-0.05, 0) is 31.7 Å². The lowest BCUT2D eigenvalue weighted by atomic mass is 10.3. The summed E-state index contributed by atoms with van der Waals surface area (Å²) in [6.45, 7) is 5.34. The topological polar surface area (TPSA) is 76.0 Å². The van der Waals surface area contributed by atoms with Crippen molar-refractivity contribution in [3.05, 3.63) is 58.5 Å². The van der Waals surface area contributed by atoms with Crippen molar-refractivity contribution in [3.63, 3.8) is 0 Å². The first-order valence-corrected chi connectivity index (χ1v) is 7.29. The Bertz CT molecular complexity index is 682. The zero-order valence-electron chi connectivity index (χ0n) is 12.7. The van der Waals surface area contributed by atoms with Gasteiger partial charge in [-0.2, -0.15) is 9.78 Å². The number of amides is 1. The van der Waals surface area contributed by atoms with Crippen molar-refractivity contribution in [2.24, 2.45) is 0 Å². The number of hydrogen-bond acceptors (Lipinski definition) is 4. The molecule has 6 nitrogen and oxygen atoms in total. The Morgan fingerprint density at radius 1 is 1.23 bits per heavy atom. The van der Waals surface area contributed by atoms with Crippen molar-refractivity contribution in [1.29, 1.82) is 0 Å². The monoisotopic (exact) mass is 300 g/mol. The highest BCUT2D eigenvalue weighted by Gasteiger charge is 2.11. The fourth-order valence-electron chi connectivity index (χ4n) is 2.04. The highest BCUT2D eigenvalue weighted by molar-refractivity contribution is 5.92. The molecule has 116 valence electrons. The van der Waals surface area contributed by atoms with E-state index in [9.17, 15) is 9.59 Å². The van der Waals surface area contributed by atoms with E-state index < -0.39 is 0 Å². The molecular formula is C16H20N4O2. The second-order valence-corrected chi connectivity index (χ2v) is 4.97. The van der Waals surface area contributed by atoms with E-state index >= 15 is 0 Å². The predicted molar refractivity (Wildman–Crippen MR) is 85.3 cm³/mol. The van der Waals surface area contributed by atoms with Gasteiger partial charge in [0, 0.05) is 18.7 Å². The lowest BCUT2D eigenvalue weighted by Crippen LogP contribution is -2.39. The van der Waals surface area contributed by atoms with E-state index in [0.717, 1.165) is 6.54 Å². The minimum absolute atomic E-state index is 0.175. The molecule has 1 amide bonds. The number of nitrogens with zero attached hydrogens (tertiary/aromatic N) is 2. The van der Waals surface area contributed by atoms with Crippen LogP contribution in [-0.2, 0) is 0 Å². The van der Waals surface area contributed by atoms with Crippen molar-refractivity contribution >= 4 is 5.91 Å². The van der Waals surface area contributed by atoms with Gasteiger partial charge in [-0.1, -0.05) is 25.1 Å². The number of para-hydroxylation sites is 1. The maximum atomic E-state index is 12.1. The number of nitrogens with one attached hydrogen (secondary N) is 2. The molecule has 2 rings (SSSR count). The van der Waals surface area contributed by atoms with E-state index in [0.29, 0.717) is 12.2 Å².